The maximum Gasteiger partial charge on any atom is 0.307 e. The number of allylic oxidation sites excluding steroid dienone is 1. The smallest absolute Gasteiger partial charge is 0.307 e. The van der Waals surface area contributed by atoms with E-state index in [9.17, 15) is 14.7 Å². The van der Waals surface area contributed by atoms with Gasteiger partial charge in [0.25, 0.3) is 0 Å². The van der Waals surface area contributed by atoms with Gasteiger partial charge in [-0.2, -0.15) is 0 Å². The Morgan fingerprint density at radius 2 is 1.96 bits per heavy atom. The van der Waals surface area contributed by atoms with Gasteiger partial charge in [-0.05, 0) is 61.7 Å². The number of unbranched alkanes of at least 4 members (excludes halogenated alkanes) is 1. The highest BCUT2D eigenvalue weighted by molar-refractivity contribution is 5.79. The van der Waals surface area contributed by atoms with Gasteiger partial charge in [-0.3, -0.25) is 9.59 Å². The maximum atomic E-state index is 12.4. The first kappa shape index (κ1) is 19.0. The van der Waals surface area contributed by atoms with Crippen LogP contribution in [-0.2, 0) is 14.3 Å². The SMILES string of the molecule is C=CCCC[C@H]1C2CC(C2)C[C@@H]1OC(=O)C[C@H](C(=O)O)C(C)(C)C. The van der Waals surface area contributed by atoms with Gasteiger partial charge in [0.15, 0.2) is 0 Å². The second kappa shape index (κ2) is 7.71. The van der Waals surface area contributed by atoms with Crippen LogP contribution in [0.25, 0.3) is 0 Å². The maximum absolute atomic E-state index is 12.4. The molecule has 3 rings (SSSR count). The van der Waals surface area contributed by atoms with Gasteiger partial charge in [-0.25, -0.2) is 0 Å². The van der Waals surface area contributed by atoms with Crippen molar-refractivity contribution in [1.82, 2.24) is 0 Å². The molecule has 0 aromatic rings. The van der Waals surface area contributed by atoms with E-state index in [0.717, 1.165) is 25.7 Å². The minimum Gasteiger partial charge on any atom is -0.481 e. The van der Waals surface area contributed by atoms with E-state index in [4.69, 9.17) is 4.74 Å². The van der Waals surface area contributed by atoms with E-state index in [1.165, 1.54) is 12.8 Å². The summed E-state index contributed by atoms with van der Waals surface area (Å²) in [5.41, 5.74) is -0.455. The van der Waals surface area contributed by atoms with E-state index in [-0.39, 0.29) is 18.5 Å². The third kappa shape index (κ3) is 4.61. The van der Waals surface area contributed by atoms with Crippen molar-refractivity contribution < 1.29 is 19.4 Å². The summed E-state index contributed by atoms with van der Waals surface area (Å²) in [6.45, 7) is 9.33. The Morgan fingerprint density at radius 1 is 1.29 bits per heavy atom. The van der Waals surface area contributed by atoms with Crippen LogP contribution in [0.3, 0.4) is 0 Å². The quantitative estimate of drug-likeness (QED) is 0.404. The van der Waals surface area contributed by atoms with Crippen LogP contribution < -0.4 is 0 Å². The number of carboxylic acid groups (broad SMARTS) is 1. The van der Waals surface area contributed by atoms with Gasteiger partial charge in [-0.15, -0.1) is 6.58 Å². The van der Waals surface area contributed by atoms with Crippen molar-refractivity contribution in [2.24, 2.45) is 29.1 Å². The van der Waals surface area contributed by atoms with E-state index in [1.54, 1.807) is 0 Å². The van der Waals surface area contributed by atoms with Crippen LogP contribution in [0.15, 0.2) is 12.7 Å². The molecule has 1 N–H and O–H groups in total. The molecule has 3 atom stereocenters. The Hall–Kier alpha value is -1.32. The fraction of sp³-hybridized carbons (Fsp3) is 0.800. The van der Waals surface area contributed by atoms with Crippen LogP contribution in [0.1, 0.15) is 65.7 Å². The number of hydrogen-bond donors (Lipinski definition) is 1. The first-order valence-corrected chi connectivity index (χ1v) is 9.25. The summed E-state index contributed by atoms with van der Waals surface area (Å²) in [6, 6.07) is 0. The lowest BCUT2D eigenvalue weighted by Crippen LogP contribution is -2.47. The van der Waals surface area contributed by atoms with Crippen molar-refractivity contribution in [2.75, 3.05) is 0 Å². The van der Waals surface area contributed by atoms with Crippen molar-refractivity contribution in [3.63, 3.8) is 0 Å². The Balaban J connectivity index is 1.93. The van der Waals surface area contributed by atoms with Gasteiger partial charge >= 0.3 is 11.9 Å². The lowest BCUT2D eigenvalue weighted by Gasteiger charge is -2.50. The van der Waals surface area contributed by atoms with E-state index in [0.29, 0.717) is 17.8 Å². The summed E-state index contributed by atoms with van der Waals surface area (Å²) in [6.07, 6.45) is 8.53. The van der Waals surface area contributed by atoms with Crippen molar-refractivity contribution in [2.45, 2.75) is 71.8 Å². The summed E-state index contributed by atoms with van der Waals surface area (Å²) in [4.78, 5) is 23.8. The standard InChI is InChI=1S/C20H32O4/c1-5-6-7-8-15-14-9-13(10-14)11-17(15)24-18(21)12-16(19(22)23)20(2,3)4/h5,13-17H,1,6-12H2,2-4H3,(H,22,23)/t13?,14?,15-,16+,17-/m0/s1. The summed E-state index contributed by atoms with van der Waals surface area (Å²) in [5, 5.41) is 9.39. The van der Waals surface area contributed by atoms with E-state index >= 15 is 0 Å². The molecule has 3 aliphatic carbocycles. The predicted octanol–water partition coefficient (Wildman–Crippen LogP) is 4.44. The Kier molecular flexibility index (Phi) is 6.11. The topological polar surface area (TPSA) is 63.6 Å². The molecule has 0 aromatic heterocycles. The number of carboxylic acids is 1. The van der Waals surface area contributed by atoms with Crippen molar-refractivity contribution in [3.05, 3.63) is 12.7 Å². The van der Waals surface area contributed by atoms with E-state index < -0.39 is 17.3 Å². The summed E-state index contributed by atoms with van der Waals surface area (Å²) in [5.74, 6) is -0.157. The normalized spacial score (nSPS) is 30.1. The number of hydrogen-bond acceptors (Lipinski definition) is 3. The third-order valence-corrected chi connectivity index (χ3v) is 5.86. The van der Waals surface area contributed by atoms with Gasteiger partial charge in [-0.1, -0.05) is 26.8 Å². The van der Waals surface area contributed by atoms with Gasteiger partial charge in [0.2, 0.25) is 0 Å². The average Bonchev–Trinajstić information content (AvgIpc) is 2.43. The second-order valence-electron chi connectivity index (χ2n) is 8.71. The van der Waals surface area contributed by atoms with Gasteiger partial charge < -0.3 is 9.84 Å². The van der Waals surface area contributed by atoms with Crippen LogP contribution in [-0.4, -0.2) is 23.1 Å². The number of carbonyl (C=O) groups excluding carboxylic acids is 1. The predicted molar refractivity (Wildman–Crippen MR) is 93.4 cm³/mol. The number of esters is 1. The molecule has 0 heterocycles. The monoisotopic (exact) mass is 336 g/mol. The highest BCUT2D eigenvalue weighted by atomic mass is 16.5. The molecule has 0 saturated heterocycles. The number of fused-ring (bicyclic) bond motifs is 2. The molecule has 0 spiro atoms. The zero-order valence-corrected chi connectivity index (χ0v) is 15.3. The highest BCUT2D eigenvalue weighted by Crippen LogP contribution is 2.51. The molecule has 0 aromatic carbocycles. The molecule has 2 bridgehead atoms. The Bertz CT molecular complexity index is 471. The van der Waals surface area contributed by atoms with Crippen LogP contribution in [0.4, 0.5) is 0 Å². The second-order valence-corrected chi connectivity index (χ2v) is 8.71. The lowest BCUT2D eigenvalue weighted by molar-refractivity contribution is -0.169. The first-order valence-electron chi connectivity index (χ1n) is 9.25. The molecule has 3 fully saturated rings. The van der Waals surface area contributed by atoms with Crippen LogP contribution in [0.5, 0.6) is 0 Å². The van der Waals surface area contributed by atoms with Crippen molar-refractivity contribution >= 4 is 11.9 Å². The fourth-order valence-corrected chi connectivity index (χ4v) is 4.34. The number of carbonyl (C=O) groups is 2. The van der Waals surface area contributed by atoms with Gasteiger partial charge in [0.1, 0.15) is 6.10 Å². The number of ether oxygens (including phenoxy) is 1. The molecule has 3 aliphatic rings. The molecule has 24 heavy (non-hydrogen) atoms. The molecule has 0 unspecified atom stereocenters. The average molecular weight is 336 g/mol. The molecule has 3 saturated carbocycles. The summed E-state index contributed by atoms with van der Waals surface area (Å²) < 4.78 is 5.78. The van der Waals surface area contributed by atoms with Crippen LogP contribution >= 0.6 is 0 Å². The van der Waals surface area contributed by atoms with Gasteiger partial charge in [0, 0.05) is 0 Å². The third-order valence-electron chi connectivity index (χ3n) is 5.86. The van der Waals surface area contributed by atoms with E-state index in [1.807, 2.05) is 26.8 Å². The minimum atomic E-state index is -0.923. The van der Waals surface area contributed by atoms with Crippen molar-refractivity contribution in [1.29, 1.82) is 0 Å². The molecular formula is C20H32O4. The summed E-state index contributed by atoms with van der Waals surface area (Å²) >= 11 is 0. The Labute approximate surface area is 145 Å². The first-order chi connectivity index (χ1) is 11.2. The van der Waals surface area contributed by atoms with Crippen LogP contribution in [0, 0.1) is 29.1 Å². The molecule has 0 amide bonds. The van der Waals surface area contributed by atoms with Crippen LogP contribution in [0.2, 0.25) is 0 Å². The molecule has 4 nitrogen and oxygen atoms in total. The minimum absolute atomic E-state index is 0.0192. The molecule has 4 heteroatoms. The highest BCUT2D eigenvalue weighted by Gasteiger charge is 2.47. The number of rotatable bonds is 8. The molecule has 0 radical (unpaired) electrons. The molecular weight excluding hydrogens is 304 g/mol. The Morgan fingerprint density at radius 3 is 2.50 bits per heavy atom. The van der Waals surface area contributed by atoms with Gasteiger partial charge in [0.05, 0.1) is 12.3 Å². The van der Waals surface area contributed by atoms with Crippen molar-refractivity contribution in [3.8, 4) is 0 Å². The summed E-state index contributed by atoms with van der Waals surface area (Å²) in [7, 11) is 0. The molecule has 136 valence electrons. The fourth-order valence-electron chi connectivity index (χ4n) is 4.34. The zero-order valence-electron chi connectivity index (χ0n) is 15.3. The zero-order chi connectivity index (χ0) is 17.9. The lowest BCUT2D eigenvalue weighted by atomic mass is 9.58. The largest absolute Gasteiger partial charge is 0.481 e. The number of aliphatic carboxylic acids is 1. The van der Waals surface area contributed by atoms with E-state index in [2.05, 4.69) is 6.58 Å². The molecule has 0 aliphatic heterocycles.